The number of para-hydroxylation sites is 1. The van der Waals surface area contributed by atoms with Crippen LogP contribution in [-0.4, -0.2) is 48.9 Å². The Balaban J connectivity index is 1.80. The molecule has 4 rings (SSSR count). The molecule has 0 aliphatic carbocycles. The van der Waals surface area contributed by atoms with Gasteiger partial charge in [-0.2, -0.15) is 13.2 Å². The lowest BCUT2D eigenvalue weighted by Crippen LogP contribution is -2.49. The average Bonchev–Trinajstić information content (AvgIpc) is 3.18. The van der Waals surface area contributed by atoms with Gasteiger partial charge in [-0.15, -0.1) is 0 Å². The molecule has 2 aromatic carbocycles. The van der Waals surface area contributed by atoms with E-state index in [0.717, 1.165) is 0 Å². The zero-order valence-corrected chi connectivity index (χ0v) is 21.3. The first-order valence-corrected chi connectivity index (χ1v) is 12.7. The highest BCUT2D eigenvalue weighted by Gasteiger charge is 2.37. The van der Waals surface area contributed by atoms with Crippen molar-refractivity contribution in [2.45, 2.75) is 44.9 Å². The molecule has 0 radical (unpaired) electrons. The Morgan fingerprint density at radius 2 is 1.95 bits per heavy atom. The first-order valence-electron chi connectivity index (χ1n) is 12.7. The second kappa shape index (κ2) is 11.7. The first-order chi connectivity index (χ1) is 18.6. The summed E-state index contributed by atoms with van der Waals surface area (Å²) < 4.78 is 45.1. The summed E-state index contributed by atoms with van der Waals surface area (Å²) in [5.74, 6) is -3.29. The summed E-state index contributed by atoms with van der Waals surface area (Å²) in [4.78, 5) is 45.5. The van der Waals surface area contributed by atoms with Gasteiger partial charge in [0, 0.05) is 23.2 Å². The maximum Gasteiger partial charge on any atom is 0.392 e. The van der Waals surface area contributed by atoms with Crippen LogP contribution in [0.3, 0.4) is 0 Å². The second-order valence-corrected chi connectivity index (χ2v) is 9.29. The molecule has 39 heavy (non-hydrogen) atoms. The van der Waals surface area contributed by atoms with Crippen LogP contribution in [0.5, 0.6) is 5.75 Å². The number of ether oxygens (including phenoxy) is 1. The minimum atomic E-state index is -4.61. The van der Waals surface area contributed by atoms with E-state index in [1.807, 2.05) is 6.07 Å². The summed E-state index contributed by atoms with van der Waals surface area (Å²) in [6, 6.07) is 14.3. The van der Waals surface area contributed by atoms with Crippen LogP contribution in [0.2, 0.25) is 0 Å². The number of hydrogen-bond donors (Lipinski definition) is 2. The predicted octanol–water partition coefficient (Wildman–Crippen LogP) is 3.88. The maximum atomic E-state index is 13.8. The molecule has 2 heterocycles. The molecular formula is C28H29F3N4O4. The van der Waals surface area contributed by atoms with Gasteiger partial charge in [-0.05, 0) is 18.9 Å². The molecule has 0 unspecified atom stereocenters. The van der Waals surface area contributed by atoms with Gasteiger partial charge in [-0.3, -0.25) is 14.4 Å². The number of nitrogens with one attached hydrogen (secondary N) is 1. The lowest BCUT2D eigenvalue weighted by molar-refractivity contribution is -0.129. The van der Waals surface area contributed by atoms with Crippen LogP contribution >= 0.6 is 0 Å². The van der Waals surface area contributed by atoms with Crippen molar-refractivity contribution < 1.29 is 32.3 Å². The third-order valence-electron chi connectivity index (χ3n) is 6.49. The number of rotatable bonds is 8. The molecular weight excluding hydrogens is 513 g/mol. The van der Waals surface area contributed by atoms with Gasteiger partial charge in [0.1, 0.15) is 5.75 Å². The number of carbonyl (C=O) groups excluding carboxylic acids is 3. The molecule has 0 bridgehead atoms. The molecule has 3 N–H and O–H groups in total. The highest BCUT2D eigenvalue weighted by atomic mass is 19.4. The summed E-state index contributed by atoms with van der Waals surface area (Å²) in [5.41, 5.74) is 7.22. The van der Waals surface area contributed by atoms with Crippen LogP contribution in [0.15, 0.2) is 65.2 Å². The van der Waals surface area contributed by atoms with Gasteiger partial charge in [0.25, 0.3) is 5.91 Å². The van der Waals surface area contributed by atoms with Crippen molar-refractivity contribution in [2.75, 3.05) is 18.1 Å². The zero-order chi connectivity index (χ0) is 28.2. The Hall–Kier alpha value is -4.15. The zero-order valence-electron chi connectivity index (χ0n) is 21.3. The predicted molar refractivity (Wildman–Crippen MR) is 139 cm³/mol. The summed E-state index contributed by atoms with van der Waals surface area (Å²) >= 11 is 0. The lowest BCUT2D eigenvalue weighted by atomic mass is 9.91. The molecule has 0 spiro atoms. The molecule has 0 saturated carbocycles. The number of hydrogen-bond acceptors (Lipinski definition) is 5. The van der Waals surface area contributed by atoms with Crippen LogP contribution in [0, 0.1) is 5.92 Å². The molecule has 2 atom stereocenters. The third-order valence-corrected chi connectivity index (χ3v) is 6.49. The number of halogens is 3. The van der Waals surface area contributed by atoms with Crippen LogP contribution in [-0.2, 0) is 14.4 Å². The number of anilines is 1. The third kappa shape index (κ3) is 6.30. The summed E-state index contributed by atoms with van der Waals surface area (Å²) in [5, 5.41) is 2.50. The normalized spacial score (nSPS) is 18.2. The number of allylic oxidation sites excluding steroid dienone is 1. The Kier molecular flexibility index (Phi) is 8.37. The van der Waals surface area contributed by atoms with Gasteiger partial charge in [-0.1, -0.05) is 61.9 Å². The number of nitrogens with zero attached hydrogens (tertiary/aromatic N) is 2. The van der Waals surface area contributed by atoms with Crippen molar-refractivity contribution >= 4 is 29.1 Å². The van der Waals surface area contributed by atoms with Crippen molar-refractivity contribution in [2.24, 2.45) is 16.6 Å². The lowest BCUT2D eigenvalue weighted by Gasteiger charge is -2.25. The van der Waals surface area contributed by atoms with Crippen molar-refractivity contribution in [3.8, 4) is 5.75 Å². The van der Waals surface area contributed by atoms with E-state index in [0.29, 0.717) is 53.8 Å². The average molecular weight is 543 g/mol. The molecule has 206 valence electrons. The van der Waals surface area contributed by atoms with E-state index in [4.69, 9.17) is 10.5 Å². The van der Waals surface area contributed by atoms with Gasteiger partial charge in [0.15, 0.2) is 0 Å². The van der Waals surface area contributed by atoms with Crippen molar-refractivity contribution in [3.63, 3.8) is 0 Å². The van der Waals surface area contributed by atoms with Gasteiger partial charge >= 0.3 is 6.18 Å². The highest BCUT2D eigenvalue weighted by Crippen LogP contribution is 2.38. The van der Waals surface area contributed by atoms with Gasteiger partial charge < -0.3 is 20.7 Å². The summed E-state index contributed by atoms with van der Waals surface area (Å²) in [6.07, 6.45) is -5.87. The molecule has 2 aliphatic rings. The smallest absolute Gasteiger partial charge is 0.392 e. The van der Waals surface area contributed by atoms with Crippen LogP contribution in [0.4, 0.5) is 18.9 Å². The van der Waals surface area contributed by atoms with Crippen molar-refractivity contribution in [1.82, 2.24) is 5.32 Å². The SMILES string of the molecule is CCC[C@H](C(N)=O)/C(=C/CC(F)(F)F)C(=O)N[C@H]1N=C(c2ccccc2)c2cccc3c2N(CCCO3)C1=O. The monoisotopic (exact) mass is 542 g/mol. The summed E-state index contributed by atoms with van der Waals surface area (Å²) in [6.45, 7) is 2.37. The summed E-state index contributed by atoms with van der Waals surface area (Å²) in [7, 11) is 0. The minimum Gasteiger partial charge on any atom is -0.491 e. The van der Waals surface area contributed by atoms with Crippen LogP contribution in [0.1, 0.15) is 43.7 Å². The second-order valence-electron chi connectivity index (χ2n) is 9.29. The minimum absolute atomic E-state index is 0.0713. The quantitative estimate of drug-likeness (QED) is 0.493. The van der Waals surface area contributed by atoms with Crippen molar-refractivity contribution in [1.29, 1.82) is 0 Å². The number of amides is 3. The topological polar surface area (TPSA) is 114 Å². The fourth-order valence-electron chi connectivity index (χ4n) is 4.73. The molecule has 0 fully saturated rings. The van der Waals surface area contributed by atoms with E-state index < -0.39 is 48.0 Å². The Morgan fingerprint density at radius 1 is 1.21 bits per heavy atom. The number of nitrogens with two attached hydrogens (primary N) is 1. The first kappa shape index (κ1) is 27.9. The molecule has 0 aromatic heterocycles. The Labute approximate surface area is 223 Å². The Bertz CT molecular complexity index is 1310. The van der Waals surface area contributed by atoms with E-state index in [2.05, 4.69) is 10.3 Å². The highest BCUT2D eigenvalue weighted by molar-refractivity contribution is 6.21. The number of benzene rings is 2. The van der Waals surface area contributed by atoms with Crippen LogP contribution in [0.25, 0.3) is 0 Å². The van der Waals surface area contributed by atoms with E-state index in [1.54, 1.807) is 49.4 Å². The van der Waals surface area contributed by atoms with Gasteiger partial charge in [0.2, 0.25) is 18.0 Å². The molecule has 3 amide bonds. The fourth-order valence-corrected chi connectivity index (χ4v) is 4.73. The molecule has 0 saturated heterocycles. The van der Waals surface area contributed by atoms with E-state index in [1.165, 1.54) is 4.90 Å². The van der Waals surface area contributed by atoms with E-state index >= 15 is 0 Å². The number of aliphatic imine (C=N–C) groups is 1. The van der Waals surface area contributed by atoms with E-state index in [9.17, 15) is 27.6 Å². The largest absolute Gasteiger partial charge is 0.491 e. The number of alkyl halides is 3. The number of carbonyl (C=O) groups is 3. The molecule has 8 nitrogen and oxygen atoms in total. The maximum absolute atomic E-state index is 13.8. The number of primary amides is 1. The molecule has 2 aliphatic heterocycles. The van der Waals surface area contributed by atoms with Gasteiger partial charge in [-0.25, -0.2) is 4.99 Å². The van der Waals surface area contributed by atoms with Crippen molar-refractivity contribution in [3.05, 3.63) is 71.3 Å². The molecule has 11 heteroatoms. The fraction of sp³-hybridized carbons (Fsp3) is 0.357. The standard InChI is InChI=1S/C28H29F3N4O4/c1-2-8-18(24(32)36)19(13-14-28(29,30)31)26(37)34-25-27(38)35-15-7-16-39-21-12-6-11-20(23(21)35)22(33-25)17-9-4-3-5-10-17/h3-6,9-13,18,25H,2,7-8,14-16H2,1H3,(H2,32,36)(H,34,37)/b19-13-/t18-,25+/m0/s1. The van der Waals surface area contributed by atoms with E-state index in [-0.39, 0.29) is 13.0 Å². The Morgan fingerprint density at radius 3 is 2.62 bits per heavy atom. The van der Waals surface area contributed by atoms with Crippen LogP contribution < -0.4 is 20.7 Å². The molecule has 2 aromatic rings. The van der Waals surface area contributed by atoms with Gasteiger partial charge in [0.05, 0.1) is 30.3 Å².